The summed E-state index contributed by atoms with van der Waals surface area (Å²) in [4.78, 5) is 2.63. The van der Waals surface area contributed by atoms with Crippen molar-refractivity contribution in [3.63, 3.8) is 0 Å². The predicted octanol–water partition coefficient (Wildman–Crippen LogP) is 6.87. The summed E-state index contributed by atoms with van der Waals surface area (Å²) in [7, 11) is 1.70. The number of methoxy groups -OCH3 is 1. The molecular weight excluding hydrogens is 332 g/mol. The van der Waals surface area contributed by atoms with Crippen LogP contribution in [0.5, 0.6) is 5.75 Å². The lowest BCUT2D eigenvalue weighted by molar-refractivity contribution is 0.415. The van der Waals surface area contributed by atoms with Crippen molar-refractivity contribution < 1.29 is 4.74 Å². The minimum Gasteiger partial charge on any atom is -0.497 e. The molecule has 2 aromatic carbocycles. The van der Waals surface area contributed by atoms with E-state index in [1.165, 1.54) is 25.1 Å². The molecule has 1 nitrogen and oxygen atoms in total. The monoisotopic (exact) mass is 354 g/mol. The van der Waals surface area contributed by atoms with E-state index < -0.39 is 0 Å². The summed E-state index contributed by atoms with van der Waals surface area (Å²) in [5, 5.41) is 0. The molecule has 0 radical (unpaired) electrons. The molecule has 124 valence electrons. The lowest BCUT2D eigenvalue weighted by atomic mass is 9.87. The molecule has 0 aliphatic heterocycles. The van der Waals surface area contributed by atoms with Crippen LogP contribution in [0.4, 0.5) is 0 Å². The molecule has 3 aromatic rings. The van der Waals surface area contributed by atoms with Crippen molar-refractivity contribution in [3.8, 4) is 16.2 Å². The van der Waals surface area contributed by atoms with Crippen LogP contribution in [0.25, 0.3) is 10.4 Å². The second-order valence-electron chi connectivity index (χ2n) is 6.70. The number of benzene rings is 2. The molecule has 0 amide bonds. The van der Waals surface area contributed by atoms with Crippen LogP contribution in [-0.4, -0.2) is 7.11 Å². The number of thiophene rings is 1. The molecule has 0 bridgehead atoms. The van der Waals surface area contributed by atoms with E-state index in [-0.39, 0.29) is 5.41 Å². The molecule has 3 rings (SSSR count). The van der Waals surface area contributed by atoms with E-state index in [2.05, 4.69) is 69.3 Å². The van der Waals surface area contributed by atoms with Gasteiger partial charge in [-0.2, -0.15) is 0 Å². The van der Waals surface area contributed by atoms with E-state index in [9.17, 15) is 0 Å². The molecule has 3 heteroatoms. The average Bonchev–Trinajstić information content (AvgIpc) is 3.03. The van der Waals surface area contributed by atoms with Crippen LogP contribution >= 0.6 is 23.1 Å². The summed E-state index contributed by atoms with van der Waals surface area (Å²) >= 11 is 3.69. The molecule has 0 unspecified atom stereocenters. The van der Waals surface area contributed by atoms with Crippen molar-refractivity contribution in [2.75, 3.05) is 7.11 Å². The van der Waals surface area contributed by atoms with Crippen LogP contribution in [-0.2, 0) is 5.41 Å². The van der Waals surface area contributed by atoms with Crippen molar-refractivity contribution in [2.45, 2.75) is 35.3 Å². The molecule has 0 saturated carbocycles. The van der Waals surface area contributed by atoms with Crippen LogP contribution in [0.1, 0.15) is 26.3 Å². The summed E-state index contributed by atoms with van der Waals surface area (Å²) in [6.07, 6.45) is 0. The van der Waals surface area contributed by atoms with Crippen molar-refractivity contribution in [1.29, 1.82) is 0 Å². The molecule has 24 heavy (non-hydrogen) atoms. The number of hydrogen-bond acceptors (Lipinski definition) is 3. The fourth-order valence-corrected chi connectivity index (χ4v) is 5.00. The van der Waals surface area contributed by atoms with Crippen LogP contribution in [0.15, 0.2) is 69.8 Å². The largest absolute Gasteiger partial charge is 0.497 e. The first kappa shape index (κ1) is 17.1. The Bertz CT molecular complexity index is 810. The topological polar surface area (TPSA) is 9.23 Å². The molecule has 0 aliphatic rings. The smallest absolute Gasteiger partial charge is 0.118 e. The van der Waals surface area contributed by atoms with Crippen molar-refractivity contribution in [1.82, 2.24) is 0 Å². The Hall–Kier alpha value is -1.71. The highest BCUT2D eigenvalue weighted by Gasteiger charge is 2.18. The number of hydrogen-bond donors (Lipinski definition) is 0. The molecule has 0 spiro atoms. The highest BCUT2D eigenvalue weighted by Crippen LogP contribution is 2.41. The Labute approximate surface area is 152 Å². The summed E-state index contributed by atoms with van der Waals surface area (Å²) in [6, 6.07) is 21.4. The van der Waals surface area contributed by atoms with Gasteiger partial charge in [0.25, 0.3) is 0 Å². The third-order valence-electron chi connectivity index (χ3n) is 3.86. The van der Waals surface area contributed by atoms with E-state index in [0.717, 1.165) is 5.75 Å². The molecule has 0 N–H and O–H groups in total. The predicted molar refractivity (Wildman–Crippen MR) is 106 cm³/mol. The van der Waals surface area contributed by atoms with Gasteiger partial charge in [-0.1, -0.05) is 50.7 Å². The average molecular weight is 355 g/mol. The Balaban J connectivity index is 1.84. The van der Waals surface area contributed by atoms with Crippen LogP contribution in [0.3, 0.4) is 0 Å². The van der Waals surface area contributed by atoms with Gasteiger partial charge < -0.3 is 4.74 Å². The molecule has 1 heterocycles. The summed E-state index contributed by atoms with van der Waals surface area (Å²) < 4.78 is 6.55. The molecule has 0 atom stereocenters. The standard InChI is InChI=1S/C21H22OS2/c1-21(2,3)17-7-5-6-8-19(17)24-20-14-13-18(23-20)15-9-11-16(22-4)12-10-15/h5-14H,1-4H3. The van der Waals surface area contributed by atoms with Crippen LogP contribution in [0.2, 0.25) is 0 Å². The lowest BCUT2D eigenvalue weighted by Crippen LogP contribution is -2.12. The molecular formula is C21H22OS2. The van der Waals surface area contributed by atoms with Crippen LogP contribution < -0.4 is 4.74 Å². The third-order valence-corrected chi connectivity index (χ3v) is 6.20. The summed E-state index contributed by atoms with van der Waals surface area (Å²) in [5.41, 5.74) is 2.78. The molecule has 1 aromatic heterocycles. The third kappa shape index (κ3) is 3.85. The first-order valence-electron chi connectivity index (χ1n) is 7.99. The van der Waals surface area contributed by atoms with Gasteiger partial charge in [-0.3, -0.25) is 0 Å². The fourth-order valence-electron chi connectivity index (χ4n) is 2.57. The van der Waals surface area contributed by atoms with Gasteiger partial charge in [-0.05, 0) is 59.0 Å². The maximum Gasteiger partial charge on any atom is 0.118 e. The summed E-state index contributed by atoms with van der Waals surface area (Å²) in [6.45, 7) is 6.80. The lowest BCUT2D eigenvalue weighted by Gasteiger charge is -2.22. The first-order chi connectivity index (χ1) is 11.5. The maximum atomic E-state index is 5.23. The Morgan fingerprint density at radius 3 is 2.25 bits per heavy atom. The second kappa shape index (κ2) is 7.04. The maximum absolute atomic E-state index is 5.23. The Kier molecular flexibility index (Phi) is 5.02. The van der Waals surface area contributed by atoms with Gasteiger partial charge in [0.2, 0.25) is 0 Å². The van der Waals surface area contributed by atoms with Crippen molar-refractivity contribution in [2.24, 2.45) is 0 Å². The minimum atomic E-state index is 0.152. The highest BCUT2D eigenvalue weighted by atomic mass is 32.2. The molecule has 0 fully saturated rings. The van der Waals surface area contributed by atoms with Gasteiger partial charge >= 0.3 is 0 Å². The van der Waals surface area contributed by atoms with Crippen molar-refractivity contribution >= 4 is 23.1 Å². The van der Waals surface area contributed by atoms with E-state index in [1.807, 2.05) is 35.2 Å². The molecule has 0 aliphatic carbocycles. The fraction of sp³-hybridized carbons (Fsp3) is 0.238. The van der Waals surface area contributed by atoms with E-state index in [4.69, 9.17) is 4.74 Å². The first-order valence-corrected chi connectivity index (χ1v) is 9.62. The van der Waals surface area contributed by atoms with Gasteiger partial charge in [-0.15, -0.1) is 11.3 Å². The highest BCUT2D eigenvalue weighted by molar-refractivity contribution is 8.01. The van der Waals surface area contributed by atoms with E-state index in [1.54, 1.807) is 7.11 Å². The molecule has 0 saturated heterocycles. The summed E-state index contributed by atoms with van der Waals surface area (Å²) in [5.74, 6) is 0.893. The SMILES string of the molecule is COc1ccc(-c2ccc(Sc3ccccc3C(C)(C)C)s2)cc1. The van der Waals surface area contributed by atoms with Crippen molar-refractivity contribution in [3.05, 3.63) is 66.2 Å². The second-order valence-corrected chi connectivity index (χ2v) is 9.12. The van der Waals surface area contributed by atoms with E-state index in [0.29, 0.717) is 0 Å². The zero-order valence-corrected chi connectivity index (χ0v) is 16.1. The van der Waals surface area contributed by atoms with Gasteiger partial charge in [-0.25, -0.2) is 0 Å². The van der Waals surface area contributed by atoms with Gasteiger partial charge in [0.1, 0.15) is 5.75 Å². The zero-order valence-electron chi connectivity index (χ0n) is 14.5. The Morgan fingerprint density at radius 2 is 1.58 bits per heavy atom. The van der Waals surface area contributed by atoms with E-state index >= 15 is 0 Å². The van der Waals surface area contributed by atoms with Gasteiger partial charge in [0.05, 0.1) is 11.3 Å². The van der Waals surface area contributed by atoms with Gasteiger partial charge in [0, 0.05) is 9.77 Å². The minimum absolute atomic E-state index is 0.152. The van der Waals surface area contributed by atoms with Gasteiger partial charge in [0.15, 0.2) is 0 Å². The number of rotatable bonds is 4. The van der Waals surface area contributed by atoms with Crippen LogP contribution in [0, 0.1) is 0 Å². The zero-order chi connectivity index (χ0) is 17.2. The normalized spacial score (nSPS) is 11.5. The Morgan fingerprint density at radius 1 is 0.875 bits per heavy atom. The number of ether oxygens (including phenoxy) is 1. The quantitative estimate of drug-likeness (QED) is 0.505.